The van der Waals surface area contributed by atoms with E-state index >= 15 is 0 Å². The van der Waals surface area contributed by atoms with Gasteiger partial charge in [0.2, 0.25) is 5.43 Å². The van der Waals surface area contributed by atoms with E-state index in [0.717, 1.165) is 10.5 Å². The molecule has 0 spiro atoms. The summed E-state index contributed by atoms with van der Waals surface area (Å²) in [5.74, 6) is -1.18. The van der Waals surface area contributed by atoms with E-state index in [9.17, 15) is 14.0 Å². The smallest absolute Gasteiger partial charge is 0.280 e. The van der Waals surface area contributed by atoms with Crippen molar-refractivity contribution < 1.29 is 9.18 Å². The molecule has 0 unspecified atom stereocenters. The van der Waals surface area contributed by atoms with Gasteiger partial charge < -0.3 is 5.32 Å². The molecule has 0 aliphatic rings. The minimum Gasteiger partial charge on any atom is -0.320 e. The Morgan fingerprint density at radius 2 is 1.91 bits per heavy atom. The lowest BCUT2D eigenvalue weighted by molar-refractivity contribution is 0.101. The number of fused-ring (bicyclic) bond motifs is 1. The first kappa shape index (κ1) is 15.4. The molecule has 0 aliphatic heterocycles. The normalized spacial score (nSPS) is 10.7. The molecule has 3 rings (SSSR count). The average Bonchev–Trinajstić information content (AvgIpc) is 2.53. The van der Waals surface area contributed by atoms with Crippen LogP contribution in [0.15, 0.2) is 51.7 Å². The maximum absolute atomic E-state index is 13.4. The van der Waals surface area contributed by atoms with Crippen molar-refractivity contribution >= 4 is 38.4 Å². The number of nitrogens with one attached hydrogen (secondary N) is 1. The molecule has 1 N–H and O–H groups in total. The zero-order valence-electron chi connectivity index (χ0n) is 12.0. The standard InChI is InChI=1S/C16H11BrFN3O2/c1-21-13-7-4-10(18)8-12(13)15(22)14(20-21)16(23)19-11-5-2-9(17)3-6-11/h2-8H,1H3,(H,19,23). The molecule has 23 heavy (non-hydrogen) atoms. The number of nitrogens with zero attached hydrogens (tertiary/aromatic N) is 2. The summed E-state index contributed by atoms with van der Waals surface area (Å²) in [5.41, 5.74) is 0.0960. The van der Waals surface area contributed by atoms with Crippen molar-refractivity contribution in [3.8, 4) is 0 Å². The van der Waals surface area contributed by atoms with Crippen LogP contribution in [0.3, 0.4) is 0 Å². The number of aryl methyl sites for hydroxylation is 1. The number of hydrogen-bond acceptors (Lipinski definition) is 3. The highest BCUT2D eigenvalue weighted by Gasteiger charge is 2.17. The number of carbonyl (C=O) groups excluding carboxylic acids is 1. The number of amides is 1. The highest BCUT2D eigenvalue weighted by molar-refractivity contribution is 9.10. The monoisotopic (exact) mass is 375 g/mol. The fourth-order valence-corrected chi connectivity index (χ4v) is 2.49. The van der Waals surface area contributed by atoms with Crippen LogP contribution in [0.2, 0.25) is 0 Å². The van der Waals surface area contributed by atoms with E-state index in [-0.39, 0.29) is 11.1 Å². The van der Waals surface area contributed by atoms with Crippen molar-refractivity contribution in [3.63, 3.8) is 0 Å². The minimum atomic E-state index is -0.640. The Hall–Kier alpha value is -2.54. The summed E-state index contributed by atoms with van der Waals surface area (Å²) in [5, 5.41) is 6.72. The number of hydrogen-bond donors (Lipinski definition) is 1. The first-order valence-electron chi connectivity index (χ1n) is 6.69. The van der Waals surface area contributed by atoms with Gasteiger partial charge in [0, 0.05) is 17.2 Å². The van der Waals surface area contributed by atoms with Crippen LogP contribution in [0.4, 0.5) is 10.1 Å². The Kier molecular flexibility index (Phi) is 3.96. The Morgan fingerprint density at radius 1 is 1.22 bits per heavy atom. The van der Waals surface area contributed by atoms with Gasteiger partial charge in [-0.05, 0) is 42.5 Å². The predicted molar refractivity (Wildman–Crippen MR) is 89.0 cm³/mol. The van der Waals surface area contributed by atoms with Gasteiger partial charge in [-0.3, -0.25) is 14.3 Å². The van der Waals surface area contributed by atoms with Crippen LogP contribution in [0.5, 0.6) is 0 Å². The maximum Gasteiger partial charge on any atom is 0.280 e. The second-order valence-corrected chi connectivity index (χ2v) is 5.84. The van der Waals surface area contributed by atoms with Crippen molar-refractivity contribution in [1.29, 1.82) is 0 Å². The van der Waals surface area contributed by atoms with Gasteiger partial charge >= 0.3 is 0 Å². The van der Waals surface area contributed by atoms with E-state index in [1.54, 1.807) is 31.3 Å². The van der Waals surface area contributed by atoms with E-state index in [4.69, 9.17) is 0 Å². The van der Waals surface area contributed by atoms with Crippen molar-refractivity contribution in [2.24, 2.45) is 7.05 Å². The number of benzene rings is 2. The Morgan fingerprint density at radius 3 is 2.61 bits per heavy atom. The van der Waals surface area contributed by atoms with Crippen molar-refractivity contribution in [3.05, 3.63) is 68.7 Å². The lowest BCUT2D eigenvalue weighted by Crippen LogP contribution is -2.26. The summed E-state index contributed by atoms with van der Waals surface area (Å²) in [4.78, 5) is 24.7. The molecule has 0 aliphatic carbocycles. The quantitative estimate of drug-likeness (QED) is 0.748. The van der Waals surface area contributed by atoms with E-state index in [0.29, 0.717) is 11.2 Å². The molecule has 0 atom stereocenters. The largest absolute Gasteiger partial charge is 0.320 e. The van der Waals surface area contributed by atoms with Crippen molar-refractivity contribution in [2.75, 3.05) is 5.32 Å². The summed E-state index contributed by atoms with van der Waals surface area (Å²) in [6, 6.07) is 10.7. The summed E-state index contributed by atoms with van der Waals surface area (Å²) in [7, 11) is 1.59. The highest BCUT2D eigenvalue weighted by Crippen LogP contribution is 2.15. The molecule has 1 aromatic heterocycles. The Bertz CT molecular complexity index is 967. The van der Waals surface area contributed by atoms with E-state index in [1.165, 1.54) is 16.8 Å². The molecular formula is C16H11BrFN3O2. The molecule has 0 bridgehead atoms. The second kappa shape index (κ2) is 5.92. The van der Waals surface area contributed by atoms with Gasteiger partial charge in [-0.15, -0.1) is 0 Å². The first-order valence-corrected chi connectivity index (χ1v) is 7.48. The molecule has 1 amide bonds. The number of rotatable bonds is 2. The molecule has 0 saturated carbocycles. The van der Waals surface area contributed by atoms with Crippen LogP contribution in [0, 0.1) is 5.82 Å². The number of aromatic nitrogens is 2. The molecule has 116 valence electrons. The van der Waals surface area contributed by atoms with Crippen molar-refractivity contribution in [1.82, 2.24) is 9.78 Å². The van der Waals surface area contributed by atoms with Gasteiger partial charge in [0.15, 0.2) is 5.69 Å². The number of anilines is 1. The van der Waals surface area contributed by atoms with Crippen LogP contribution in [0.1, 0.15) is 10.5 Å². The zero-order chi connectivity index (χ0) is 16.6. The summed E-state index contributed by atoms with van der Waals surface area (Å²) in [6.07, 6.45) is 0. The van der Waals surface area contributed by atoms with E-state index in [1.807, 2.05) is 0 Å². The Labute approximate surface area is 138 Å². The minimum absolute atomic E-state index is 0.114. The van der Waals surface area contributed by atoms with Gasteiger partial charge in [-0.2, -0.15) is 5.10 Å². The fourth-order valence-electron chi connectivity index (χ4n) is 2.22. The molecule has 3 aromatic rings. The SMILES string of the molecule is Cn1nc(C(=O)Nc2ccc(Br)cc2)c(=O)c2cc(F)ccc21. The molecule has 2 aromatic carbocycles. The molecule has 0 saturated heterocycles. The molecule has 5 nitrogen and oxygen atoms in total. The summed E-state index contributed by atoms with van der Waals surface area (Å²) >= 11 is 3.30. The van der Waals surface area contributed by atoms with Crippen LogP contribution < -0.4 is 10.7 Å². The van der Waals surface area contributed by atoms with Gasteiger partial charge in [0.25, 0.3) is 5.91 Å². The zero-order valence-corrected chi connectivity index (χ0v) is 13.6. The molecule has 1 heterocycles. The number of halogens is 2. The highest BCUT2D eigenvalue weighted by atomic mass is 79.9. The van der Waals surface area contributed by atoms with Crippen LogP contribution in [-0.2, 0) is 7.05 Å². The van der Waals surface area contributed by atoms with E-state index < -0.39 is 17.2 Å². The average molecular weight is 376 g/mol. The molecule has 7 heteroatoms. The second-order valence-electron chi connectivity index (χ2n) is 4.92. The van der Waals surface area contributed by atoms with Crippen LogP contribution in [0.25, 0.3) is 10.9 Å². The number of carbonyl (C=O) groups is 1. The van der Waals surface area contributed by atoms with Crippen LogP contribution in [-0.4, -0.2) is 15.7 Å². The van der Waals surface area contributed by atoms with E-state index in [2.05, 4.69) is 26.3 Å². The predicted octanol–water partition coefficient (Wildman–Crippen LogP) is 3.09. The van der Waals surface area contributed by atoms with Gasteiger partial charge in [-0.1, -0.05) is 15.9 Å². The van der Waals surface area contributed by atoms with Gasteiger partial charge in [0.1, 0.15) is 5.82 Å². The lowest BCUT2D eigenvalue weighted by atomic mass is 10.2. The van der Waals surface area contributed by atoms with Crippen LogP contribution >= 0.6 is 15.9 Å². The molecular weight excluding hydrogens is 365 g/mol. The first-order chi connectivity index (χ1) is 11.0. The third kappa shape index (κ3) is 3.00. The molecule has 0 fully saturated rings. The maximum atomic E-state index is 13.4. The van der Waals surface area contributed by atoms with Gasteiger partial charge in [0.05, 0.1) is 10.9 Å². The third-order valence-corrected chi connectivity index (χ3v) is 3.86. The van der Waals surface area contributed by atoms with Gasteiger partial charge in [-0.25, -0.2) is 4.39 Å². The summed E-state index contributed by atoms with van der Waals surface area (Å²) < 4.78 is 15.6. The van der Waals surface area contributed by atoms with Crippen molar-refractivity contribution in [2.45, 2.75) is 0 Å². The molecule has 0 radical (unpaired) electrons. The lowest BCUT2D eigenvalue weighted by Gasteiger charge is -2.08. The topological polar surface area (TPSA) is 64.0 Å². The fraction of sp³-hybridized carbons (Fsp3) is 0.0625. The summed E-state index contributed by atoms with van der Waals surface area (Å²) in [6.45, 7) is 0. The third-order valence-electron chi connectivity index (χ3n) is 3.33. The Balaban J connectivity index is 2.05.